The number of nitrogens with one attached hydrogen (secondary N) is 1. The minimum atomic E-state index is -0.508. The van der Waals surface area contributed by atoms with Crippen LogP contribution in [-0.2, 0) is 9.59 Å². The predicted molar refractivity (Wildman–Crippen MR) is 96.4 cm³/mol. The summed E-state index contributed by atoms with van der Waals surface area (Å²) in [6.45, 7) is -0.427. The molecule has 0 spiro atoms. The Morgan fingerprint density at radius 1 is 1.22 bits per heavy atom. The number of amides is 2. The van der Waals surface area contributed by atoms with Crippen LogP contribution in [0.15, 0.2) is 60.9 Å². The van der Waals surface area contributed by atoms with Crippen LogP contribution in [0.2, 0.25) is 0 Å². The number of ether oxygens (including phenoxy) is 1. The molecule has 0 bridgehead atoms. The van der Waals surface area contributed by atoms with Crippen molar-refractivity contribution in [3.63, 3.8) is 0 Å². The van der Waals surface area contributed by atoms with Gasteiger partial charge < -0.3 is 10.1 Å². The van der Waals surface area contributed by atoms with Gasteiger partial charge in [-0.2, -0.15) is 5.10 Å². The first kappa shape index (κ1) is 16.8. The zero-order chi connectivity index (χ0) is 18.8. The van der Waals surface area contributed by atoms with E-state index in [2.05, 4.69) is 10.4 Å². The second kappa shape index (κ2) is 6.91. The van der Waals surface area contributed by atoms with Crippen LogP contribution in [0.4, 0.5) is 15.8 Å². The molecule has 0 fully saturated rings. The highest BCUT2D eigenvalue weighted by Crippen LogP contribution is 2.32. The second-order valence-corrected chi connectivity index (χ2v) is 5.93. The highest BCUT2D eigenvalue weighted by molar-refractivity contribution is 6.04. The molecule has 27 heavy (non-hydrogen) atoms. The summed E-state index contributed by atoms with van der Waals surface area (Å²) in [5, 5.41) is 6.86. The number of fused-ring (bicyclic) bond motifs is 1. The molecule has 1 aromatic heterocycles. The summed E-state index contributed by atoms with van der Waals surface area (Å²) in [7, 11) is 0. The van der Waals surface area contributed by atoms with Gasteiger partial charge in [-0.15, -0.1) is 0 Å². The Labute approximate surface area is 154 Å². The fourth-order valence-corrected chi connectivity index (χ4v) is 2.81. The molecule has 136 valence electrons. The van der Waals surface area contributed by atoms with Gasteiger partial charge in [0, 0.05) is 24.1 Å². The Hall–Kier alpha value is -3.68. The van der Waals surface area contributed by atoms with Crippen LogP contribution in [-0.4, -0.2) is 34.7 Å². The number of carbonyl (C=O) groups is 2. The number of benzene rings is 2. The van der Waals surface area contributed by atoms with Crippen molar-refractivity contribution in [3.8, 4) is 11.4 Å². The summed E-state index contributed by atoms with van der Waals surface area (Å²) in [6.07, 6.45) is 3.49. The van der Waals surface area contributed by atoms with Crippen LogP contribution < -0.4 is 15.0 Å². The van der Waals surface area contributed by atoms with Crippen LogP contribution >= 0.6 is 0 Å². The van der Waals surface area contributed by atoms with Crippen molar-refractivity contribution >= 4 is 23.2 Å². The van der Waals surface area contributed by atoms with E-state index in [-0.39, 0.29) is 18.8 Å². The zero-order valence-corrected chi connectivity index (χ0v) is 14.1. The molecule has 0 aliphatic carbocycles. The lowest BCUT2D eigenvalue weighted by atomic mass is 10.2. The van der Waals surface area contributed by atoms with E-state index in [0.29, 0.717) is 11.4 Å². The quantitative estimate of drug-likeness (QED) is 0.769. The van der Waals surface area contributed by atoms with Gasteiger partial charge >= 0.3 is 0 Å². The number of hydrogen-bond donors (Lipinski definition) is 1. The lowest BCUT2D eigenvalue weighted by Gasteiger charge is -2.28. The standard InChI is InChI=1S/C19H15FN4O3/c20-13-2-7-17-16(10-13)23(19(26)12-27-17)11-18(25)22-14-3-5-15(6-4-14)24-9-1-8-21-24/h1-10H,11-12H2,(H,22,25). The Balaban J connectivity index is 1.47. The molecule has 0 radical (unpaired) electrons. The molecule has 7 nitrogen and oxygen atoms in total. The van der Waals surface area contributed by atoms with Crippen LogP contribution in [0.1, 0.15) is 0 Å². The summed E-state index contributed by atoms with van der Waals surface area (Å²) >= 11 is 0. The SMILES string of the molecule is O=C(CN1C(=O)COc2ccc(F)cc21)Nc1ccc(-n2cccn2)cc1. The van der Waals surface area contributed by atoms with Gasteiger partial charge in [0.05, 0.1) is 11.4 Å². The van der Waals surface area contributed by atoms with Gasteiger partial charge in [-0.3, -0.25) is 14.5 Å². The van der Waals surface area contributed by atoms with Crippen molar-refractivity contribution in [2.24, 2.45) is 0 Å². The molecular weight excluding hydrogens is 351 g/mol. The van der Waals surface area contributed by atoms with Gasteiger partial charge in [-0.05, 0) is 42.5 Å². The van der Waals surface area contributed by atoms with E-state index in [9.17, 15) is 14.0 Å². The third kappa shape index (κ3) is 3.50. The number of hydrogen-bond acceptors (Lipinski definition) is 4. The summed E-state index contributed by atoms with van der Waals surface area (Å²) in [5.41, 5.74) is 1.68. The molecule has 1 aliphatic heterocycles. The van der Waals surface area contributed by atoms with E-state index in [4.69, 9.17) is 4.74 Å². The van der Waals surface area contributed by atoms with Gasteiger partial charge in [0.25, 0.3) is 5.91 Å². The fourth-order valence-electron chi connectivity index (χ4n) is 2.81. The largest absolute Gasteiger partial charge is 0.482 e. The number of nitrogens with zero attached hydrogens (tertiary/aromatic N) is 3. The maximum absolute atomic E-state index is 13.5. The number of carbonyl (C=O) groups excluding carboxylic acids is 2. The Bertz CT molecular complexity index is 987. The van der Waals surface area contributed by atoms with E-state index in [1.54, 1.807) is 23.0 Å². The molecule has 0 unspecified atom stereocenters. The van der Waals surface area contributed by atoms with Crippen molar-refractivity contribution < 1.29 is 18.7 Å². The zero-order valence-electron chi connectivity index (χ0n) is 14.1. The lowest BCUT2D eigenvalue weighted by molar-refractivity contribution is -0.123. The highest BCUT2D eigenvalue weighted by atomic mass is 19.1. The highest BCUT2D eigenvalue weighted by Gasteiger charge is 2.27. The molecule has 2 heterocycles. The van der Waals surface area contributed by atoms with Crippen LogP contribution in [0.3, 0.4) is 0 Å². The van der Waals surface area contributed by atoms with Gasteiger partial charge in [-0.25, -0.2) is 9.07 Å². The van der Waals surface area contributed by atoms with E-state index in [1.165, 1.54) is 23.1 Å². The average molecular weight is 366 g/mol. The normalized spacial score (nSPS) is 13.1. The summed E-state index contributed by atoms with van der Waals surface area (Å²) in [4.78, 5) is 25.7. The van der Waals surface area contributed by atoms with Crippen molar-refractivity contribution in [2.45, 2.75) is 0 Å². The first-order valence-electron chi connectivity index (χ1n) is 8.23. The van der Waals surface area contributed by atoms with Crippen molar-refractivity contribution in [3.05, 3.63) is 66.7 Å². The van der Waals surface area contributed by atoms with E-state index in [1.807, 2.05) is 24.4 Å². The second-order valence-electron chi connectivity index (χ2n) is 5.93. The van der Waals surface area contributed by atoms with Crippen molar-refractivity contribution in [1.29, 1.82) is 0 Å². The first-order chi connectivity index (χ1) is 13.1. The van der Waals surface area contributed by atoms with Crippen LogP contribution in [0.25, 0.3) is 5.69 Å². The number of halogens is 1. The topological polar surface area (TPSA) is 76.5 Å². The fraction of sp³-hybridized carbons (Fsp3) is 0.105. The molecule has 8 heteroatoms. The molecule has 0 saturated heterocycles. The third-order valence-electron chi connectivity index (χ3n) is 4.09. The molecule has 1 N–H and O–H groups in total. The molecule has 4 rings (SSSR count). The number of anilines is 2. The van der Waals surface area contributed by atoms with Gasteiger partial charge in [0.15, 0.2) is 6.61 Å². The smallest absolute Gasteiger partial charge is 0.265 e. The van der Waals surface area contributed by atoms with Crippen LogP contribution in [0, 0.1) is 5.82 Å². The Morgan fingerprint density at radius 2 is 2.04 bits per heavy atom. The maximum Gasteiger partial charge on any atom is 0.265 e. The van der Waals surface area contributed by atoms with Gasteiger partial charge in [0.2, 0.25) is 5.91 Å². The van der Waals surface area contributed by atoms with Gasteiger partial charge in [0.1, 0.15) is 18.1 Å². The van der Waals surface area contributed by atoms with E-state index in [0.717, 1.165) is 5.69 Å². The minimum Gasteiger partial charge on any atom is -0.482 e. The van der Waals surface area contributed by atoms with E-state index >= 15 is 0 Å². The number of rotatable bonds is 4. The molecule has 0 atom stereocenters. The molecular formula is C19H15FN4O3. The Kier molecular flexibility index (Phi) is 4.29. The molecule has 2 aromatic carbocycles. The molecule has 3 aromatic rings. The predicted octanol–water partition coefficient (Wildman–Crippen LogP) is 2.38. The average Bonchev–Trinajstić information content (AvgIpc) is 3.19. The molecule has 2 amide bonds. The monoisotopic (exact) mass is 366 g/mol. The maximum atomic E-state index is 13.5. The Morgan fingerprint density at radius 3 is 2.78 bits per heavy atom. The first-order valence-corrected chi connectivity index (χ1v) is 8.23. The van der Waals surface area contributed by atoms with Crippen molar-refractivity contribution in [1.82, 2.24) is 9.78 Å². The number of aromatic nitrogens is 2. The summed E-state index contributed by atoms with van der Waals surface area (Å²) < 4.78 is 20.5. The third-order valence-corrected chi connectivity index (χ3v) is 4.09. The summed E-state index contributed by atoms with van der Waals surface area (Å²) in [5.74, 6) is -0.941. The van der Waals surface area contributed by atoms with Crippen molar-refractivity contribution in [2.75, 3.05) is 23.4 Å². The summed E-state index contributed by atoms with van der Waals surface area (Å²) in [6, 6.07) is 12.8. The molecule has 1 aliphatic rings. The van der Waals surface area contributed by atoms with Crippen LogP contribution in [0.5, 0.6) is 5.75 Å². The molecule has 0 saturated carbocycles. The minimum absolute atomic E-state index is 0.190. The van der Waals surface area contributed by atoms with E-state index < -0.39 is 17.6 Å². The van der Waals surface area contributed by atoms with Gasteiger partial charge in [-0.1, -0.05) is 0 Å². The lowest BCUT2D eigenvalue weighted by Crippen LogP contribution is -2.43.